The van der Waals surface area contributed by atoms with E-state index in [1.54, 1.807) is 0 Å². The van der Waals surface area contributed by atoms with Crippen molar-refractivity contribution in [3.8, 4) is 0 Å². The van der Waals surface area contributed by atoms with Crippen LogP contribution in [0.5, 0.6) is 0 Å². The summed E-state index contributed by atoms with van der Waals surface area (Å²) < 4.78 is 9.19. The first-order chi connectivity index (χ1) is 26.5. The summed E-state index contributed by atoms with van der Waals surface area (Å²) in [5.41, 5.74) is 5.16. The van der Waals surface area contributed by atoms with Crippen molar-refractivity contribution in [1.82, 2.24) is 4.57 Å². The molecular formula is C45H38N3O6+. The molecule has 8 rings (SSSR count). The number of aryl methyl sites for hydroxylation is 2. The van der Waals surface area contributed by atoms with Crippen molar-refractivity contribution in [2.75, 3.05) is 18.1 Å². The van der Waals surface area contributed by atoms with Crippen LogP contribution in [0.2, 0.25) is 0 Å². The molecule has 0 fully saturated rings. The van der Waals surface area contributed by atoms with E-state index in [0.717, 1.165) is 49.3 Å². The molecule has 6 aromatic carbocycles. The molecular weight excluding hydrogens is 679 g/mol. The molecule has 2 heterocycles. The number of carbonyl (C=O) groups is 3. The number of fused-ring (bicyclic) bond motifs is 12. The van der Waals surface area contributed by atoms with Crippen LogP contribution in [0.25, 0.3) is 60.2 Å². The van der Waals surface area contributed by atoms with E-state index in [4.69, 9.17) is 4.74 Å². The zero-order valence-corrected chi connectivity index (χ0v) is 29.5. The summed E-state index contributed by atoms with van der Waals surface area (Å²) in [7, 11) is 0. The quantitative estimate of drug-likeness (QED) is 0.0407. The number of imidazole rings is 1. The van der Waals surface area contributed by atoms with Crippen molar-refractivity contribution in [1.29, 1.82) is 0 Å². The minimum Gasteiger partial charge on any atom is -0.481 e. The lowest BCUT2D eigenvalue weighted by atomic mass is 9.95. The van der Waals surface area contributed by atoms with Crippen LogP contribution >= 0.6 is 0 Å². The summed E-state index contributed by atoms with van der Waals surface area (Å²) in [5.74, 6) is -1.12. The van der Waals surface area contributed by atoms with Gasteiger partial charge < -0.3 is 19.8 Å². The first kappa shape index (κ1) is 34.4. The Kier molecular flexibility index (Phi) is 9.36. The molecule has 1 aromatic heterocycles. The van der Waals surface area contributed by atoms with Gasteiger partial charge in [-0.05, 0) is 50.7 Å². The predicted octanol–water partition coefficient (Wildman–Crippen LogP) is 8.18. The van der Waals surface area contributed by atoms with Gasteiger partial charge in [0.05, 0.1) is 25.1 Å². The highest BCUT2D eigenvalue weighted by molar-refractivity contribution is 6.22. The molecule has 2 N–H and O–H groups in total. The number of carbonyl (C=O) groups excluding carboxylic acids is 1. The number of carboxylic acids is 2. The largest absolute Gasteiger partial charge is 0.481 e. The van der Waals surface area contributed by atoms with Crippen LogP contribution in [0.1, 0.15) is 24.2 Å². The van der Waals surface area contributed by atoms with Gasteiger partial charge >= 0.3 is 11.9 Å². The number of aromatic nitrogens is 2. The van der Waals surface area contributed by atoms with Gasteiger partial charge in [0.15, 0.2) is 11.0 Å². The van der Waals surface area contributed by atoms with Crippen LogP contribution in [0.4, 0.5) is 5.69 Å². The number of rotatable bonds is 13. The van der Waals surface area contributed by atoms with Crippen LogP contribution in [0.15, 0.2) is 127 Å². The van der Waals surface area contributed by atoms with E-state index in [2.05, 4.69) is 65.6 Å². The van der Waals surface area contributed by atoms with Gasteiger partial charge in [-0.3, -0.25) is 14.4 Å². The molecule has 0 radical (unpaired) electrons. The molecule has 268 valence electrons. The first-order valence-corrected chi connectivity index (χ1v) is 18.0. The fourth-order valence-corrected chi connectivity index (χ4v) is 8.14. The third kappa shape index (κ3) is 6.13. The first-order valence-electron chi connectivity index (χ1n) is 18.0. The second-order valence-electron chi connectivity index (χ2n) is 13.4. The van der Waals surface area contributed by atoms with Gasteiger partial charge in [0.2, 0.25) is 0 Å². The summed E-state index contributed by atoms with van der Waals surface area (Å²) in [6, 6.07) is 33.0. The Bertz CT molecular complexity index is 2630. The Labute approximate surface area is 310 Å². The van der Waals surface area contributed by atoms with Crippen LogP contribution in [0, 0.1) is 0 Å². The summed E-state index contributed by atoms with van der Waals surface area (Å²) in [6.07, 6.45) is 10.3. The van der Waals surface area contributed by atoms with Crippen molar-refractivity contribution in [2.45, 2.75) is 32.4 Å². The molecule has 9 nitrogen and oxygen atoms in total. The SMILES string of the molecule is O=COCCN1\C(=C/C=C/C=C/c2n(CCC(=O)O)c3c4ccccc4c4ccccc4c3[n+]2CCC(=O)O)Cc2c1c1ccccc1c1ccccc21. The minimum atomic E-state index is -0.915. The zero-order valence-electron chi connectivity index (χ0n) is 29.5. The Morgan fingerprint density at radius 2 is 1.26 bits per heavy atom. The van der Waals surface area contributed by atoms with Crippen LogP contribution < -0.4 is 9.47 Å². The summed E-state index contributed by atoms with van der Waals surface area (Å²) in [5, 5.41) is 28.3. The number of carboxylic acid groups (broad SMARTS) is 2. The lowest BCUT2D eigenvalue weighted by Gasteiger charge is -2.23. The second-order valence-corrected chi connectivity index (χ2v) is 13.4. The van der Waals surface area contributed by atoms with E-state index in [9.17, 15) is 24.6 Å². The number of aliphatic carboxylic acids is 2. The van der Waals surface area contributed by atoms with Gasteiger partial charge in [0.1, 0.15) is 19.7 Å². The molecule has 0 saturated carbocycles. The van der Waals surface area contributed by atoms with Gasteiger partial charge in [0, 0.05) is 34.4 Å². The predicted molar refractivity (Wildman–Crippen MR) is 212 cm³/mol. The van der Waals surface area contributed by atoms with Crippen molar-refractivity contribution < 1.29 is 33.9 Å². The monoisotopic (exact) mass is 716 g/mol. The summed E-state index contributed by atoms with van der Waals surface area (Å²) in [4.78, 5) is 37.2. The highest BCUT2D eigenvalue weighted by Gasteiger charge is 2.30. The van der Waals surface area contributed by atoms with Crippen LogP contribution in [-0.4, -0.2) is 46.3 Å². The number of hydrogen-bond acceptors (Lipinski definition) is 5. The standard InChI is InChI=1S/C45H37N3O6/c49-29-54-27-26-46-30(28-39-35-17-5-4-13-31(35)32-14-6-9-18-36(32)43(39)46)12-2-1-3-21-40-47(24-22-41(50)51)44-37-19-10-7-15-33(37)34-16-8-11-20-38(34)45(44)48(40)25-23-42(52)53/h1-21,29H,22-28H2,(H-,50,51,52,53)/p+1. The fourth-order valence-electron chi connectivity index (χ4n) is 8.14. The van der Waals surface area contributed by atoms with Crippen LogP contribution in [0.3, 0.4) is 0 Å². The van der Waals surface area contributed by atoms with Crippen LogP contribution in [-0.2, 0) is 38.6 Å². The van der Waals surface area contributed by atoms with Crippen molar-refractivity contribution in [2.24, 2.45) is 0 Å². The molecule has 1 aliphatic rings. The average Bonchev–Trinajstić information content (AvgIpc) is 3.72. The highest BCUT2D eigenvalue weighted by atomic mass is 16.5. The van der Waals surface area contributed by atoms with E-state index < -0.39 is 11.9 Å². The second kappa shape index (κ2) is 14.7. The molecule has 0 amide bonds. The van der Waals surface area contributed by atoms with Gasteiger partial charge in [-0.25, -0.2) is 9.13 Å². The van der Waals surface area contributed by atoms with Gasteiger partial charge in [-0.1, -0.05) is 103 Å². The molecule has 1 aliphatic heterocycles. The van der Waals surface area contributed by atoms with E-state index in [1.165, 1.54) is 21.7 Å². The smallest absolute Gasteiger partial charge is 0.307 e. The molecule has 54 heavy (non-hydrogen) atoms. The van der Waals surface area contributed by atoms with Crippen molar-refractivity contribution in [3.05, 3.63) is 138 Å². The third-order valence-corrected chi connectivity index (χ3v) is 10.3. The number of benzene rings is 6. The molecule has 0 unspecified atom stereocenters. The molecule has 0 aliphatic carbocycles. The summed E-state index contributed by atoms with van der Waals surface area (Å²) >= 11 is 0. The van der Waals surface area contributed by atoms with E-state index >= 15 is 0 Å². The minimum absolute atomic E-state index is 0.0970. The van der Waals surface area contributed by atoms with E-state index in [1.807, 2.05) is 75.9 Å². The highest BCUT2D eigenvalue weighted by Crippen LogP contribution is 2.45. The molecule has 0 atom stereocenters. The molecule has 0 bridgehead atoms. The molecule has 0 saturated heterocycles. The Hall–Kier alpha value is -6.74. The number of anilines is 1. The Morgan fingerprint density at radius 1 is 0.685 bits per heavy atom. The average molecular weight is 717 g/mol. The van der Waals surface area contributed by atoms with E-state index in [-0.39, 0.29) is 32.5 Å². The van der Waals surface area contributed by atoms with E-state index in [0.29, 0.717) is 25.3 Å². The van der Waals surface area contributed by atoms with Crippen molar-refractivity contribution >= 4 is 84.3 Å². The van der Waals surface area contributed by atoms with Gasteiger partial charge in [-0.2, -0.15) is 0 Å². The maximum atomic E-state index is 11.9. The third-order valence-electron chi connectivity index (χ3n) is 10.3. The normalized spacial score (nSPS) is 13.8. The maximum Gasteiger partial charge on any atom is 0.307 e. The topological polar surface area (TPSA) is 113 Å². The lowest BCUT2D eigenvalue weighted by Crippen LogP contribution is -2.38. The number of allylic oxidation sites excluding steroid dienone is 5. The Balaban J connectivity index is 1.24. The number of nitrogens with zero attached hydrogens (tertiary/aromatic N) is 3. The Morgan fingerprint density at radius 3 is 1.93 bits per heavy atom. The summed E-state index contributed by atoms with van der Waals surface area (Å²) in [6.45, 7) is 1.64. The van der Waals surface area contributed by atoms with Crippen molar-refractivity contribution in [3.63, 3.8) is 0 Å². The molecule has 9 heteroatoms. The zero-order chi connectivity index (χ0) is 37.2. The molecule has 7 aromatic rings. The fraction of sp³-hybridized carbons (Fsp3) is 0.156. The maximum absolute atomic E-state index is 11.9. The van der Waals surface area contributed by atoms with Gasteiger partial charge in [-0.15, -0.1) is 0 Å². The van der Waals surface area contributed by atoms with Gasteiger partial charge in [0.25, 0.3) is 12.3 Å². The number of ether oxygens (including phenoxy) is 1. The molecule has 0 spiro atoms. The lowest BCUT2D eigenvalue weighted by molar-refractivity contribution is -0.672. The number of hydrogen-bond donors (Lipinski definition) is 2.